The maximum absolute atomic E-state index is 12.5. The fourth-order valence-electron chi connectivity index (χ4n) is 3.85. The third kappa shape index (κ3) is 1.26. The number of para-hydroxylation sites is 1. The van der Waals surface area contributed by atoms with Gasteiger partial charge in [0.15, 0.2) is 0 Å². The summed E-state index contributed by atoms with van der Waals surface area (Å²) in [6.45, 7) is 2.13. The van der Waals surface area contributed by atoms with Gasteiger partial charge in [0, 0.05) is 23.6 Å². The number of benzene rings is 1. The zero-order valence-electron chi connectivity index (χ0n) is 11.5. The van der Waals surface area contributed by atoms with Crippen LogP contribution in [0.2, 0.25) is 0 Å². The second-order valence-electron chi connectivity index (χ2n) is 5.95. The van der Waals surface area contributed by atoms with Crippen molar-refractivity contribution in [1.29, 1.82) is 0 Å². The first kappa shape index (κ1) is 11.7. The maximum Gasteiger partial charge on any atom is 0.237 e. The smallest absolute Gasteiger partial charge is 0.237 e. The summed E-state index contributed by atoms with van der Waals surface area (Å²) >= 11 is 0. The van der Waals surface area contributed by atoms with Crippen molar-refractivity contribution >= 4 is 22.7 Å². The highest BCUT2D eigenvalue weighted by Crippen LogP contribution is 2.49. The number of nitrogens with one attached hydrogen (secondary N) is 1. The maximum atomic E-state index is 12.5. The number of H-pyrrole nitrogens is 1. The number of aromatic nitrogens is 1. The van der Waals surface area contributed by atoms with Crippen LogP contribution in [0.4, 0.5) is 0 Å². The van der Waals surface area contributed by atoms with E-state index < -0.39 is 0 Å². The molecule has 4 nitrogen and oxygen atoms in total. The Hall–Kier alpha value is -2.10. The van der Waals surface area contributed by atoms with E-state index in [1.807, 2.05) is 24.3 Å². The first-order chi connectivity index (χ1) is 9.59. The first-order valence-corrected chi connectivity index (χ1v) is 7.01. The molecule has 0 radical (unpaired) electrons. The number of likely N-dealkylation sites (tertiary alicyclic amines) is 1. The van der Waals surface area contributed by atoms with Crippen molar-refractivity contribution in [3.8, 4) is 0 Å². The Kier molecular flexibility index (Phi) is 2.18. The van der Waals surface area contributed by atoms with Crippen LogP contribution in [-0.4, -0.2) is 28.7 Å². The van der Waals surface area contributed by atoms with Crippen molar-refractivity contribution in [2.45, 2.75) is 25.2 Å². The van der Waals surface area contributed by atoms with Crippen molar-refractivity contribution in [2.24, 2.45) is 5.92 Å². The molecule has 0 bridgehead atoms. The number of imide groups is 1. The van der Waals surface area contributed by atoms with Gasteiger partial charge in [-0.1, -0.05) is 25.1 Å². The third-order valence-corrected chi connectivity index (χ3v) is 4.83. The van der Waals surface area contributed by atoms with Crippen LogP contribution < -0.4 is 0 Å². The lowest BCUT2D eigenvalue weighted by atomic mass is 9.74. The Morgan fingerprint density at radius 2 is 1.95 bits per heavy atom. The summed E-state index contributed by atoms with van der Waals surface area (Å²) in [4.78, 5) is 29.5. The van der Waals surface area contributed by atoms with Crippen molar-refractivity contribution in [3.63, 3.8) is 0 Å². The molecule has 1 fully saturated rings. The average Bonchev–Trinajstić information content (AvgIpc) is 2.93. The molecule has 102 valence electrons. The molecule has 3 atom stereocenters. The van der Waals surface area contributed by atoms with Gasteiger partial charge in [0.2, 0.25) is 11.8 Å². The van der Waals surface area contributed by atoms with Crippen molar-refractivity contribution in [3.05, 3.63) is 35.5 Å². The molecule has 0 saturated carbocycles. The lowest BCUT2D eigenvalue weighted by Gasteiger charge is -2.27. The molecule has 2 amide bonds. The summed E-state index contributed by atoms with van der Waals surface area (Å²) in [5.41, 5.74) is 3.23. The van der Waals surface area contributed by atoms with Gasteiger partial charge in [0.05, 0.1) is 11.8 Å². The highest BCUT2D eigenvalue weighted by molar-refractivity contribution is 6.09. The predicted molar refractivity (Wildman–Crippen MR) is 75.3 cm³/mol. The van der Waals surface area contributed by atoms with Gasteiger partial charge in [-0.2, -0.15) is 0 Å². The SMILES string of the molecule is C[C@@H]1CC2C(=O)N(C)C(=O)[C@@H]2c2c1[nH]c1ccccc21. The standard InChI is InChI=1S/C16H16N2O2/c1-8-7-10-13(16(20)18(2)15(10)19)12-9-5-3-4-6-11(9)17-14(8)12/h3-6,8,10,13,17H,7H2,1-2H3/t8-,10?,13+/m1/s1. The fraction of sp³-hybridized carbons (Fsp3) is 0.375. The predicted octanol–water partition coefficient (Wildman–Crippen LogP) is 2.37. The minimum absolute atomic E-state index is 0.0252. The minimum Gasteiger partial charge on any atom is -0.358 e. The summed E-state index contributed by atoms with van der Waals surface area (Å²) < 4.78 is 0. The van der Waals surface area contributed by atoms with E-state index in [9.17, 15) is 9.59 Å². The molecule has 1 aliphatic carbocycles. The van der Waals surface area contributed by atoms with E-state index in [0.717, 1.165) is 28.6 Å². The molecule has 1 saturated heterocycles. The van der Waals surface area contributed by atoms with Gasteiger partial charge in [-0.25, -0.2) is 0 Å². The van der Waals surface area contributed by atoms with Gasteiger partial charge in [-0.15, -0.1) is 0 Å². The molecule has 2 heterocycles. The van der Waals surface area contributed by atoms with E-state index >= 15 is 0 Å². The second kappa shape index (κ2) is 3.72. The molecule has 0 spiro atoms. The summed E-state index contributed by atoms with van der Waals surface area (Å²) in [6.07, 6.45) is 0.749. The molecular weight excluding hydrogens is 252 g/mol. The number of fused-ring (bicyclic) bond motifs is 5. The van der Waals surface area contributed by atoms with Gasteiger partial charge in [0.1, 0.15) is 0 Å². The van der Waals surface area contributed by atoms with Crippen molar-refractivity contribution in [2.75, 3.05) is 7.05 Å². The fourth-order valence-corrected chi connectivity index (χ4v) is 3.85. The van der Waals surface area contributed by atoms with Gasteiger partial charge < -0.3 is 4.98 Å². The molecule has 4 heteroatoms. The number of aromatic amines is 1. The summed E-state index contributed by atoms with van der Waals surface area (Å²) in [5, 5.41) is 1.08. The minimum atomic E-state index is -0.296. The topological polar surface area (TPSA) is 53.2 Å². The van der Waals surface area contributed by atoms with Gasteiger partial charge in [0.25, 0.3) is 0 Å². The molecule has 2 aliphatic rings. The van der Waals surface area contributed by atoms with Gasteiger partial charge in [-0.3, -0.25) is 14.5 Å². The molecular formula is C16H16N2O2. The van der Waals surface area contributed by atoms with Crippen LogP contribution in [-0.2, 0) is 9.59 Å². The van der Waals surface area contributed by atoms with Crippen LogP contribution in [0.3, 0.4) is 0 Å². The van der Waals surface area contributed by atoms with Gasteiger partial charge in [-0.05, 0) is 24.0 Å². The first-order valence-electron chi connectivity index (χ1n) is 7.01. The molecule has 1 N–H and O–H groups in total. The van der Waals surface area contributed by atoms with Gasteiger partial charge >= 0.3 is 0 Å². The third-order valence-electron chi connectivity index (χ3n) is 4.83. The van der Waals surface area contributed by atoms with E-state index in [1.165, 1.54) is 4.90 Å². The summed E-state index contributed by atoms with van der Waals surface area (Å²) in [7, 11) is 1.60. The Balaban J connectivity index is 2.02. The molecule has 1 aromatic heterocycles. The van der Waals surface area contributed by atoms with E-state index in [1.54, 1.807) is 7.05 Å². The number of rotatable bonds is 0. The molecule has 1 aromatic carbocycles. The average molecular weight is 268 g/mol. The van der Waals surface area contributed by atoms with Crippen LogP contribution in [0, 0.1) is 5.92 Å². The number of nitrogens with zero attached hydrogens (tertiary/aromatic N) is 1. The summed E-state index contributed by atoms with van der Waals surface area (Å²) in [5.74, 6) is -0.286. The Labute approximate surface area is 116 Å². The van der Waals surface area contributed by atoms with E-state index in [4.69, 9.17) is 0 Å². The Morgan fingerprint density at radius 1 is 1.20 bits per heavy atom. The Morgan fingerprint density at radius 3 is 2.75 bits per heavy atom. The van der Waals surface area contributed by atoms with E-state index in [-0.39, 0.29) is 29.6 Å². The van der Waals surface area contributed by atoms with Crippen LogP contribution in [0.25, 0.3) is 10.9 Å². The zero-order valence-corrected chi connectivity index (χ0v) is 11.5. The van der Waals surface area contributed by atoms with Crippen LogP contribution in [0.5, 0.6) is 0 Å². The molecule has 4 rings (SSSR count). The lowest BCUT2D eigenvalue weighted by molar-refractivity contribution is -0.137. The van der Waals surface area contributed by atoms with Crippen LogP contribution >= 0.6 is 0 Å². The number of likely N-dealkylation sites (N-methyl/N-ethyl adjacent to an activating group) is 1. The number of carbonyl (C=O) groups excluding carboxylic acids is 2. The molecule has 2 aromatic rings. The van der Waals surface area contributed by atoms with E-state index in [2.05, 4.69) is 11.9 Å². The number of carbonyl (C=O) groups is 2. The monoisotopic (exact) mass is 268 g/mol. The molecule has 1 aliphatic heterocycles. The number of amides is 2. The van der Waals surface area contributed by atoms with Crippen LogP contribution in [0.15, 0.2) is 24.3 Å². The lowest BCUT2D eigenvalue weighted by Crippen LogP contribution is -2.26. The second-order valence-corrected chi connectivity index (χ2v) is 5.95. The Bertz CT molecular complexity index is 746. The number of hydrogen-bond acceptors (Lipinski definition) is 2. The van der Waals surface area contributed by atoms with E-state index in [0.29, 0.717) is 0 Å². The number of hydrogen-bond donors (Lipinski definition) is 1. The zero-order chi connectivity index (χ0) is 14.0. The molecule has 20 heavy (non-hydrogen) atoms. The largest absolute Gasteiger partial charge is 0.358 e. The molecule has 1 unspecified atom stereocenters. The van der Waals surface area contributed by atoms with Crippen molar-refractivity contribution in [1.82, 2.24) is 9.88 Å². The van der Waals surface area contributed by atoms with Crippen molar-refractivity contribution < 1.29 is 9.59 Å². The highest BCUT2D eigenvalue weighted by atomic mass is 16.2. The van der Waals surface area contributed by atoms with Crippen LogP contribution in [0.1, 0.15) is 36.4 Å². The quantitative estimate of drug-likeness (QED) is 0.746. The summed E-state index contributed by atoms with van der Waals surface area (Å²) in [6, 6.07) is 8.03. The normalized spacial score (nSPS) is 28.9. The highest BCUT2D eigenvalue weighted by Gasteiger charge is 2.51.